The summed E-state index contributed by atoms with van der Waals surface area (Å²) < 4.78 is 0.686. The van der Waals surface area contributed by atoms with Crippen molar-refractivity contribution in [3.63, 3.8) is 0 Å². The molecule has 0 aliphatic heterocycles. The summed E-state index contributed by atoms with van der Waals surface area (Å²) in [5.74, 6) is -1.14. The monoisotopic (exact) mass is 396 g/mol. The second-order valence-corrected chi connectivity index (χ2v) is 7.04. The molecule has 0 saturated carbocycles. The van der Waals surface area contributed by atoms with Crippen LogP contribution in [0.5, 0.6) is 0 Å². The highest BCUT2D eigenvalue weighted by Crippen LogP contribution is 2.31. The van der Waals surface area contributed by atoms with E-state index in [1.165, 1.54) is 11.3 Å². The Hall–Kier alpha value is -2.29. The predicted octanol–water partition coefficient (Wildman–Crippen LogP) is 5.37. The number of benzene rings is 2. The van der Waals surface area contributed by atoms with E-state index in [2.05, 4.69) is 27.0 Å². The maximum absolute atomic E-state index is 12.7. The third-order valence-corrected chi connectivity index (χ3v) is 5.32. The van der Waals surface area contributed by atoms with Gasteiger partial charge in [0.2, 0.25) is 0 Å². The summed E-state index contributed by atoms with van der Waals surface area (Å²) >= 11 is 4.72. The van der Waals surface area contributed by atoms with Crippen LogP contribution in [0.25, 0.3) is 11.3 Å². The molecule has 118 valence electrons. The number of carbonyl (C=O) groups excluding carboxylic acids is 1. The minimum absolute atomic E-state index is 0.240. The molecular formula is C19H13BrN2OS. The number of Topliss-reactive ketones (excluding diaryl/α,β-unsaturated/α-hetero) is 1. The van der Waals surface area contributed by atoms with Crippen molar-refractivity contribution in [2.45, 2.75) is 12.8 Å². The molecule has 1 aromatic heterocycles. The number of aryl methyl sites for hydroxylation is 1. The SMILES string of the molecule is Cc1ccccc1-c1csc(C(C#N)C(=O)c2ccccc2Br)n1. The number of carbonyl (C=O) groups is 1. The lowest BCUT2D eigenvalue weighted by Gasteiger charge is -2.07. The zero-order chi connectivity index (χ0) is 17.1. The van der Waals surface area contributed by atoms with E-state index < -0.39 is 5.92 Å². The topological polar surface area (TPSA) is 53.8 Å². The molecule has 0 spiro atoms. The number of halogens is 1. The second-order valence-electron chi connectivity index (χ2n) is 5.29. The quantitative estimate of drug-likeness (QED) is 0.556. The summed E-state index contributed by atoms with van der Waals surface area (Å²) in [6.07, 6.45) is 0. The predicted molar refractivity (Wildman–Crippen MR) is 99.1 cm³/mol. The van der Waals surface area contributed by atoms with Crippen LogP contribution in [0, 0.1) is 18.3 Å². The second kappa shape index (κ2) is 7.08. The fourth-order valence-corrected chi connectivity index (χ4v) is 3.79. The van der Waals surface area contributed by atoms with Crippen molar-refractivity contribution >= 4 is 33.0 Å². The molecule has 0 amide bonds. The Morgan fingerprint density at radius 2 is 1.92 bits per heavy atom. The summed E-state index contributed by atoms with van der Waals surface area (Å²) in [5, 5.41) is 11.9. The maximum Gasteiger partial charge on any atom is 0.188 e. The Morgan fingerprint density at radius 1 is 1.21 bits per heavy atom. The van der Waals surface area contributed by atoms with E-state index in [1.54, 1.807) is 18.2 Å². The standard InChI is InChI=1S/C19H13BrN2OS/c1-12-6-2-3-7-13(12)17-11-24-19(22-17)15(10-21)18(23)14-8-4-5-9-16(14)20/h2-9,11,15H,1H3. The highest BCUT2D eigenvalue weighted by molar-refractivity contribution is 9.10. The van der Waals surface area contributed by atoms with Gasteiger partial charge in [0.05, 0.1) is 11.8 Å². The molecular weight excluding hydrogens is 384 g/mol. The fraction of sp³-hybridized carbons (Fsp3) is 0.105. The number of thiazole rings is 1. The first-order chi connectivity index (χ1) is 11.6. The van der Waals surface area contributed by atoms with Crippen molar-refractivity contribution in [3.8, 4) is 17.3 Å². The van der Waals surface area contributed by atoms with Gasteiger partial charge < -0.3 is 0 Å². The van der Waals surface area contributed by atoms with E-state index in [9.17, 15) is 10.1 Å². The summed E-state index contributed by atoms with van der Waals surface area (Å²) in [7, 11) is 0. The molecule has 1 heterocycles. The molecule has 0 fully saturated rings. The Balaban J connectivity index is 1.96. The number of nitrogens with zero attached hydrogens (tertiary/aromatic N) is 2. The number of rotatable bonds is 4. The van der Waals surface area contributed by atoms with Gasteiger partial charge in [-0.2, -0.15) is 5.26 Å². The molecule has 0 aliphatic carbocycles. The van der Waals surface area contributed by atoms with Gasteiger partial charge in [-0.1, -0.05) is 58.4 Å². The normalized spacial score (nSPS) is 11.7. The average Bonchev–Trinajstić information content (AvgIpc) is 3.05. The third-order valence-electron chi connectivity index (χ3n) is 3.72. The van der Waals surface area contributed by atoms with E-state index >= 15 is 0 Å². The lowest BCUT2D eigenvalue weighted by Crippen LogP contribution is -2.11. The van der Waals surface area contributed by atoms with Gasteiger partial charge in [-0.3, -0.25) is 4.79 Å². The smallest absolute Gasteiger partial charge is 0.188 e. The van der Waals surface area contributed by atoms with E-state index in [0.717, 1.165) is 16.8 Å². The van der Waals surface area contributed by atoms with Gasteiger partial charge in [-0.05, 0) is 18.6 Å². The fourth-order valence-electron chi connectivity index (χ4n) is 2.45. The summed E-state index contributed by atoms with van der Waals surface area (Å²) in [4.78, 5) is 17.3. The van der Waals surface area contributed by atoms with Crippen molar-refractivity contribution in [1.82, 2.24) is 4.98 Å². The Bertz CT molecular complexity index is 942. The number of ketones is 1. The van der Waals surface area contributed by atoms with Crippen molar-refractivity contribution in [1.29, 1.82) is 5.26 Å². The van der Waals surface area contributed by atoms with E-state index in [1.807, 2.05) is 42.6 Å². The summed E-state index contributed by atoms with van der Waals surface area (Å²) in [6.45, 7) is 2.02. The highest BCUT2D eigenvalue weighted by atomic mass is 79.9. The van der Waals surface area contributed by atoms with Crippen molar-refractivity contribution < 1.29 is 4.79 Å². The molecule has 3 rings (SSSR count). The summed E-state index contributed by atoms with van der Waals surface area (Å²) in [6, 6.07) is 17.2. The number of nitriles is 1. The van der Waals surface area contributed by atoms with Gasteiger partial charge in [0.25, 0.3) is 0 Å². The van der Waals surface area contributed by atoms with Gasteiger partial charge in [0.15, 0.2) is 11.7 Å². The lowest BCUT2D eigenvalue weighted by molar-refractivity contribution is 0.0978. The van der Waals surface area contributed by atoms with Gasteiger partial charge in [0, 0.05) is 21.0 Å². The molecule has 0 radical (unpaired) electrons. The number of aromatic nitrogens is 1. The number of hydrogen-bond acceptors (Lipinski definition) is 4. The van der Waals surface area contributed by atoms with Gasteiger partial charge in [-0.15, -0.1) is 11.3 Å². The number of hydrogen-bond donors (Lipinski definition) is 0. The average molecular weight is 397 g/mol. The first-order valence-electron chi connectivity index (χ1n) is 7.31. The van der Waals surface area contributed by atoms with Crippen molar-refractivity contribution in [2.75, 3.05) is 0 Å². The van der Waals surface area contributed by atoms with Gasteiger partial charge in [0.1, 0.15) is 5.01 Å². The van der Waals surface area contributed by atoms with Crippen molar-refractivity contribution in [2.24, 2.45) is 0 Å². The minimum Gasteiger partial charge on any atom is -0.292 e. The largest absolute Gasteiger partial charge is 0.292 e. The van der Waals surface area contributed by atoms with Crippen LogP contribution in [-0.4, -0.2) is 10.8 Å². The lowest BCUT2D eigenvalue weighted by atomic mass is 9.99. The molecule has 1 atom stereocenters. The molecule has 0 N–H and O–H groups in total. The van der Waals surface area contributed by atoms with Crippen molar-refractivity contribution in [3.05, 3.63) is 74.5 Å². The summed E-state index contributed by atoms with van der Waals surface area (Å²) in [5.41, 5.74) is 3.43. The van der Waals surface area contributed by atoms with E-state index in [4.69, 9.17) is 0 Å². The molecule has 5 heteroatoms. The van der Waals surface area contributed by atoms with Gasteiger partial charge >= 0.3 is 0 Å². The molecule has 1 unspecified atom stereocenters. The molecule has 0 saturated heterocycles. The van der Waals surface area contributed by atoms with E-state index in [0.29, 0.717) is 15.0 Å². The Morgan fingerprint density at radius 3 is 2.62 bits per heavy atom. The molecule has 2 aromatic carbocycles. The molecule has 3 nitrogen and oxygen atoms in total. The van der Waals surface area contributed by atoms with Crippen LogP contribution < -0.4 is 0 Å². The van der Waals surface area contributed by atoms with Crippen LogP contribution in [-0.2, 0) is 0 Å². The zero-order valence-electron chi connectivity index (χ0n) is 12.9. The van der Waals surface area contributed by atoms with Crippen LogP contribution >= 0.6 is 27.3 Å². The van der Waals surface area contributed by atoms with Gasteiger partial charge in [-0.25, -0.2) is 4.98 Å². The first kappa shape index (κ1) is 16.6. The minimum atomic E-state index is -0.897. The Kier molecular flexibility index (Phi) is 4.89. The van der Waals surface area contributed by atoms with Crippen LogP contribution in [0.15, 0.2) is 58.4 Å². The van der Waals surface area contributed by atoms with Crippen LogP contribution in [0.3, 0.4) is 0 Å². The molecule has 0 bridgehead atoms. The molecule has 0 aliphatic rings. The first-order valence-corrected chi connectivity index (χ1v) is 8.99. The Labute approximate surface area is 152 Å². The molecule has 3 aromatic rings. The molecule has 24 heavy (non-hydrogen) atoms. The third kappa shape index (κ3) is 3.16. The van der Waals surface area contributed by atoms with E-state index in [-0.39, 0.29) is 5.78 Å². The van der Waals surface area contributed by atoms with Crippen LogP contribution in [0.2, 0.25) is 0 Å². The maximum atomic E-state index is 12.7. The van der Waals surface area contributed by atoms with Crippen LogP contribution in [0.4, 0.5) is 0 Å². The zero-order valence-corrected chi connectivity index (χ0v) is 15.3. The van der Waals surface area contributed by atoms with Crippen LogP contribution in [0.1, 0.15) is 26.8 Å². The highest BCUT2D eigenvalue weighted by Gasteiger charge is 2.26.